The van der Waals surface area contributed by atoms with Gasteiger partial charge in [-0.1, -0.05) is 5.16 Å². The van der Waals surface area contributed by atoms with Crippen LogP contribution in [0.1, 0.15) is 31.5 Å². The first-order valence-electron chi connectivity index (χ1n) is 5.98. The Hall–Kier alpha value is -1.43. The molecular weight excluding hydrogens is 220 g/mol. The van der Waals surface area contributed by atoms with Crippen LogP contribution in [0.5, 0.6) is 0 Å². The molecule has 6 nitrogen and oxygen atoms in total. The Balaban J connectivity index is 1.80. The van der Waals surface area contributed by atoms with Crippen molar-refractivity contribution in [2.75, 3.05) is 13.1 Å². The molecule has 1 N–H and O–H groups in total. The Morgan fingerprint density at radius 2 is 2.24 bits per heavy atom. The van der Waals surface area contributed by atoms with Gasteiger partial charge in [0.05, 0.1) is 12.6 Å². The summed E-state index contributed by atoms with van der Waals surface area (Å²) in [5, 5.41) is 6.88. The summed E-state index contributed by atoms with van der Waals surface area (Å²) < 4.78 is 4.86. The molecule has 1 aliphatic heterocycles. The smallest absolute Gasteiger partial charge is 0.239 e. The maximum absolute atomic E-state index is 12.0. The van der Waals surface area contributed by atoms with Crippen LogP contribution >= 0.6 is 0 Å². The van der Waals surface area contributed by atoms with Crippen molar-refractivity contribution in [3.8, 4) is 0 Å². The molecule has 2 rings (SSSR count). The molecule has 1 amide bonds. The number of nitrogens with one attached hydrogen (secondary N) is 1. The van der Waals surface area contributed by atoms with Crippen LogP contribution in [0.25, 0.3) is 0 Å². The molecule has 1 aromatic heterocycles. The largest absolute Gasteiger partial charge is 0.341 e. The minimum absolute atomic E-state index is 0.155. The SMILES string of the molecule is Cc1nc(CNC(C)C(=O)N2CCCC2)no1. The van der Waals surface area contributed by atoms with Gasteiger partial charge in [-0.15, -0.1) is 0 Å². The number of carbonyl (C=O) groups is 1. The van der Waals surface area contributed by atoms with Crippen LogP contribution in [0.4, 0.5) is 0 Å². The third-order valence-electron chi connectivity index (χ3n) is 2.92. The summed E-state index contributed by atoms with van der Waals surface area (Å²) in [7, 11) is 0. The highest BCUT2D eigenvalue weighted by molar-refractivity contribution is 5.81. The third kappa shape index (κ3) is 3.03. The van der Waals surface area contributed by atoms with Crippen LogP contribution < -0.4 is 5.32 Å². The van der Waals surface area contributed by atoms with Crippen LogP contribution in [-0.2, 0) is 11.3 Å². The number of rotatable bonds is 4. The number of hydrogen-bond acceptors (Lipinski definition) is 5. The number of amides is 1. The molecule has 1 unspecified atom stereocenters. The van der Waals surface area contributed by atoms with Crippen molar-refractivity contribution < 1.29 is 9.32 Å². The molecule has 0 spiro atoms. The van der Waals surface area contributed by atoms with Gasteiger partial charge in [-0.25, -0.2) is 0 Å². The number of aromatic nitrogens is 2. The predicted molar refractivity (Wildman–Crippen MR) is 61.2 cm³/mol. The summed E-state index contributed by atoms with van der Waals surface area (Å²) in [6, 6.07) is -0.202. The van der Waals surface area contributed by atoms with Gasteiger partial charge in [0.25, 0.3) is 0 Å². The van der Waals surface area contributed by atoms with E-state index >= 15 is 0 Å². The predicted octanol–water partition coefficient (Wildman–Crippen LogP) is 0.479. The molecule has 1 atom stereocenters. The van der Waals surface area contributed by atoms with Gasteiger partial charge >= 0.3 is 0 Å². The number of hydrogen-bond donors (Lipinski definition) is 1. The lowest BCUT2D eigenvalue weighted by Crippen LogP contribution is -2.43. The minimum Gasteiger partial charge on any atom is -0.341 e. The minimum atomic E-state index is -0.202. The van der Waals surface area contributed by atoms with Crippen molar-refractivity contribution in [2.24, 2.45) is 0 Å². The van der Waals surface area contributed by atoms with E-state index in [0.717, 1.165) is 25.9 Å². The normalized spacial score (nSPS) is 17.4. The fraction of sp³-hybridized carbons (Fsp3) is 0.727. The second-order valence-electron chi connectivity index (χ2n) is 4.36. The van der Waals surface area contributed by atoms with Crippen molar-refractivity contribution in [2.45, 2.75) is 39.3 Å². The highest BCUT2D eigenvalue weighted by atomic mass is 16.5. The first-order valence-corrected chi connectivity index (χ1v) is 5.98. The Bertz CT molecular complexity index is 385. The summed E-state index contributed by atoms with van der Waals surface area (Å²) in [4.78, 5) is 17.9. The second kappa shape index (κ2) is 5.27. The van der Waals surface area contributed by atoms with Gasteiger partial charge in [0.1, 0.15) is 0 Å². The lowest BCUT2D eigenvalue weighted by atomic mass is 10.3. The summed E-state index contributed by atoms with van der Waals surface area (Å²) in [6.45, 7) is 5.83. The zero-order valence-corrected chi connectivity index (χ0v) is 10.3. The Morgan fingerprint density at radius 1 is 1.53 bits per heavy atom. The Kier molecular flexibility index (Phi) is 3.73. The first-order chi connectivity index (χ1) is 8.16. The molecular formula is C11H18N4O2. The second-order valence-corrected chi connectivity index (χ2v) is 4.36. The molecule has 2 heterocycles. The van der Waals surface area contributed by atoms with E-state index in [-0.39, 0.29) is 11.9 Å². The molecule has 1 saturated heterocycles. The molecule has 0 bridgehead atoms. The zero-order chi connectivity index (χ0) is 12.3. The lowest BCUT2D eigenvalue weighted by Gasteiger charge is -2.20. The van der Waals surface area contributed by atoms with Crippen molar-refractivity contribution in [1.82, 2.24) is 20.4 Å². The molecule has 0 aromatic carbocycles. The van der Waals surface area contributed by atoms with Gasteiger partial charge in [0.15, 0.2) is 5.82 Å². The molecule has 1 aromatic rings. The number of carbonyl (C=O) groups excluding carboxylic acids is 1. The molecule has 0 aliphatic carbocycles. The first kappa shape index (κ1) is 12.0. The van der Waals surface area contributed by atoms with E-state index in [2.05, 4.69) is 15.5 Å². The fourth-order valence-electron chi connectivity index (χ4n) is 1.96. The van der Waals surface area contributed by atoms with Crippen LogP contribution in [0.2, 0.25) is 0 Å². The molecule has 1 aliphatic rings. The van der Waals surface area contributed by atoms with Gasteiger partial charge in [0, 0.05) is 20.0 Å². The summed E-state index contributed by atoms with van der Waals surface area (Å²) in [5.74, 6) is 1.28. The quantitative estimate of drug-likeness (QED) is 0.826. The average molecular weight is 238 g/mol. The van der Waals surface area contributed by atoms with Crippen LogP contribution in [0, 0.1) is 6.92 Å². The number of aryl methyl sites for hydroxylation is 1. The van der Waals surface area contributed by atoms with Crippen LogP contribution in [-0.4, -0.2) is 40.1 Å². The van der Waals surface area contributed by atoms with Crippen molar-refractivity contribution >= 4 is 5.91 Å². The van der Waals surface area contributed by atoms with E-state index in [9.17, 15) is 4.79 Å². The molecule has 94 valence electrons. The van der Waals surface area contributed by atoms with Gasteiger partial charge < -0.3 is 9.42 Å². The van der Waals surface area contributed by atoms with Crippen LogP contribution in [0.15, 0.2) is 4.52 Å². The monoisotopic (exact) mass is 238 g/mol. The number of nitrogens with zero attached hydrogens (tertiary/aromatic N) is 3. The zero-order valence-electron chi connectivity index (χ0n) is 10.3. The third-order valence-corrected chi connectivity index (χ3v) is 2.92. The van der Waals surface area contributed by atoms with E-state index in [0.29, 0.717) is 18.3 Å². The molecule has 0 radical (unpaired) electrons. The number of likely N-dealkylation sites (tertiary alicyclic amines) is 1. The van der Waals surface area contributed by atoms with E-state index < -0.39 is 0 Å². The highest BCUT2D eigenvalue weighted by Gasteiger charge is 2.22. The standard InChI is InChI=1S/C11H18N4O2/c1-8(11(16)15-5-3-4-6-15)12-7-10-13-9(2)17-14-10/h8,12H,3-7H2,1-2H3. The van der Waals surface area contributed by atoms with E-state index in [1.807, 2.05) is 11.8 Å². The topological polar surface area (TPSA) is 71.3 Å². The molecule has 17 heavy (non-hydrogen) atoms. The summed E-state index contributed by atoms with van der Waals surface area (Å²) in [6.07, 6.45) is 2.23. The van der Waals surface area contributed by atoms with Crippen molar-refractivity contribution in [3.05, 3.63) is 11.7 Å². The van der Waals surface area contributed by atoms with E-state index in [1.165, 1.54) is 0 Å². The Labute approximate surface area is 100 Å². The van der Waals surface area contributed by atoms with Gasteiger partial charge in [0.2, 0.25) is 11.8 Å². The summed E-state index contributed by atoms with van der Waals surface area (Å²) >= 11 is 0. The van der Waals surface area contributed by atoms with E-state index in [1.54, 1.807) is 6.92 Å². The maximum Gasteiger partial charge on any atom is 0.239 e. The van der Waals surface area contributed by atoms with Crippen LogP contribution in [0.3, 0.4) is 0 Å². The average Bonchev–Trinajstić information content (AvgIpc) is 2.95. The molecule has 0 saturated carbocycles. The molecule has 1 fully saturated rings. The maximum atomic E-state index is 12.0. The van der Waals surface area contributed by atoms with Gasteiger partial charge in [-0.3, -0.25) is 10.1 Å². The van der Waals surface area contributed by atoms with Crippen molar-refractivity contribution in [3.63, 3.8) is 0 Å². The van der Waals surface area contributed by atoms with Gasteiger partial charge in [-0.05, 0) is 19.8 Å². The van der Waals surface area contributed by atoms with Gasteiger partial charge in [-0.2, -0.15) is 4.98 Å². The van der Waals surface area contributed by atoms with E-state index in [4.69, 9.17) is 4.52 Å². The Morgan fingerprint density at radius 3 is 2.82 bits per heavy atom. The highest BCUT2D eigenvalue weighted by Crippen LogP contribution is 2.09. The molecule has 6 heteroatoms. The fourth-order valence-corrected chi connectivity index (χ4v) is 1.96. The lowest BCUT2D eigenvalue weighted by molar-refractivity contribution is -0.132. The van der Waals surface area contributed by atoms with Crippen molar-refractivity contribution in [1.29, 1.82) is 0 Å². The summed E-state index contributed by atoms with van der Waals surface area (Å²) in [5.41, 5.74) is 0.